The molecule has 0 radical (unpaired) electrons. The molecule has 0 bridgehead atoms. The van der Waals surface area contributed by atoms with E-state index in [1.165, 1.54) is 12.1 Å². The van der Waals surface area contributed by atoms with E-state index in [1.807, 2.05) is 0 Å². The number of hydrogen-bond donors (Lipinski definition) is 2. The Labute approximate surface area is 90.4 Å². The summed E-state index contributed by atoms with van der Waals surface area (Å²) < 4.78 is 0. The van der Waals surface area contributed by atoms with Crippen LogP contribution >= 0.6 is 0 Å². The predicted molar refractivity (Wildman–Crippen MR) is 57.3 cm³/mol. The van der Waals surface area contributed by atoms with Crippen molar-refractivity contribution in [1.82, 2.24) is 9.97 Å². The van der Waals surface area contributed by atoms with E-state index in [0.29, 0.717) is 11.4 Å². The van der Waals surface area contributed by atoms with Crippen LogP contribution in [0.3, 0.4) is 0 Å². The molecule has 2 rings (SSSR count). The first-order chi connectivity index (χ1) is 7.68. The molecule has 0 fully saturated rings. The standard InChI is InChI=1S/C11H8N2O3/c14-10-7(11(15)16)4-5-9(13-10)8-3-1-2-6-12-8/h1-6H,(H,13,14)(H,15,16). The van der Waals surface area contributed by atoms with Crippen LogP contribution < -0.4 is 5.56 Å². The van der Waals surface area contributed by atoms with Gasteiger partial charge in [-0.3, -0.25) is 9.78 Å². The number of carbonyl (C=O) groups is 1. The lowest BCUT2D eigenvalue weighted by Gasteiger charge is -2.00. The molecular formula is C11H8N2O3. The minimum absolute atomic E-state index is 0.278. The second kappa shape index (κ2) is 3.98. The average molecular weight is 216 g/mol. The Morgan fingerprint density at radius 2 is 2.06 bits per heavy atom. The zero-order valence-electron chi connectivity index (χ0n) is 8.18. The molecule has 2 aromatic rings. The Balaban J connectivity index is 2.51. The second-order valence-corrected chi connectivity index (χ2v) is 3.13. The number of aromatic carboxylic acids is 1. The van der Waals surface area contributed by atoms with Gasteiger partial charge in [0.2, 0.25) is 0 Å². The minimum atomic E-state index is -1.24. The van der Waals surface area contributed by atoms with Crippen molar-refractivity contribution in [2.24, 2.45) is 0 Å². The Kier molecular flexibility index (Phi) is 2.51. The summed E-state index contributed by atoms with van der Waals surface area (Å²) in [6.07, 6.45) is 1.60. The number of H-pyrrole nitrogens is 1. The first-order valence-electron chi connectivity index (χ1n) is 4.56. The van der Waals surface area contributed by atoms with Gasteiger partial charge in [0.1, 0.15) is 5.56 Å². The summed E-state index contributed by atoms with van der Waals surface area (Å²) in [6.45, 7) is 0. The number of aromatic nitrogens is 2. The van der Waals surface area contributed by atoms with Crippen molar-refractivity contribution in [3.05, 3.63) is 52.4 Å². The quantitative estimate of drug-likeness (QED) is 0.788. The summed E-state index contributed by atoms with van der Waals surface area (Å²) in [5.74, 6) is -1.24. The van der Waals surface area contributed by atoms with E-state index in [0.717, 1.165) is 0 Å². The van der Waals surface area contributed by atoms with E-state index in [9.17, 15) is 9.59 Å². The van der Waals surface area contributed by atoms with Crippen LogP contribution in [0.1, 0.15) is 10.4 Å². The number of carboxylic acid groups (broad SMARTS) is 1. The van der Waals surface area contributed by atoms with Crippen molar-refractivity contribution in [2.45, 2.75) is 0 Å². The van der Waals surface area contributed by atoms with Gasteiger partial charge in [0.25, 0.3) is 5.56 Å². The molecule has 0 saturated heterocycles. The van der Waals surface area contributed by atoms with Gasteiger partial charge in [0.05, 0.1) is 11.4 Å². The molecule has 80 valence electrons. The number of carboxylic acids is 1. The lowest BCUT2D eigenvalue weighted by molar-refractivity contribution is 0.0695. The Bertz CT molecular complexity index is 575. The van der Waals surface area contributed by atoms with E-state index >= 15 is 0 Å². The SMILES string of the molecule is O=C(O)c1ccc(-c2ccccn2)[nH]c1=O. The zero-order chi connectivity index (χ0) is 11.5. The number of pyridine rings is 2. The van der Waals surface area contributed by atoms with E-state index < -0.39 is 11.5 Å². The Morgan fingerprint density at radius 1 is 1.25 bits per heavy atom. The largest absolute Gasteiger partial charge is 0.477 e. The van der Waals surface area contributed by atoms with Crippen LogP contribution in [0.15, 0.2) is 41.3 Å². The van der Waals surface area contributed by atoms with Gasteiger partial charge in [0, 0.05) is 6.20 Å². The highest BCUT2D eigenvalue weighted by atomic mass is 16.4. The van der Waals surface area contributed by atoms with Crippen LogP contribution in [0.25, 0.3) is 11.4 Å². The molecule has 0 aromatic carbocycles. The third-order valence-electron chi connectivity index (χ3n) is 2.08. The molecule has 2 heterocycles. The van der Waals surface area contributed by atoms with Crippen molar-refractivity contribution in [1.29, 1.82) is 0 Å². The summed E-state index contributed by atoms with van der Waals surface area (Å²) in [5.41, 5.74) is 0.183. The van der Waals surface area contributed by atoms with Crippen molar-refractivity contribution in [2.75, 3.05) is 0 Å². The van der Waals surface area contributed by atoms with Crippen LogP contribution in [0.4, 0.5) is 0 Å². The fourth-order valence-electron chi connectivity index (χ4n) is 1.31. The fraction of sp³-hybridized carbons (Fsp3) is 0. The normalized spacial score (nSPS) is 10.0. The highest BCUT2D eigenvalue weighted by Crippen LogP contribution is 2.11. The predicted octanol–water partition coefficient (Wildman–Crippen LogP) is 1.14. The van der Waals surface area contributed by atoms with Gasteiger partial charge in [-0.05, 0) is 24.3 Å². The molecule has 0 saturated carbocycles. The Hall–Kier alpha value is -2.43. The number of nitrogens with zero attached hydrogens (tertiary/aromatic N) is 1. The summed E-state index contributed by atoms with van der Waals surface area (Å²) in [4.78, 5) is 28.5. The van der Waals surface area contributed by atoms with Crippen molar-refractivity contribution >= 4 is 5.97 Å². The fourth-order valence-corrected chi connectivity index (χ4v) is 1.31. The molecule has 2 N–H and O–H groups in total. The second-order valence-electron chi connectivity index (χ2n) is 3.13. The summed E-state index contributed by atoms with van der Waals surface area (Å²) >= 11 is 0. The molecule has 2 aromatic heterocycles. The molecule has 0 atom stereocenters. The smallest absolute Gasteiger partial charge is 0.341 e. The first kappa shape index (κ1) is 10.1. The molecule has 5 nitrogen and oxygen atoms in total. The van der Waals surface area contributed by atoms with Crippen LogP contribution in [0.2, 0.25) is 0 Å². The topological polar surface area (TPSA) is 83.0 Å². The minimum Gasteiger partial charge on any atom is -0.477 e. The van der Waals surface area contributed by atoms with Crippen molar-refractivity contribution in [3.8, 4) is 11.4 Å². The third-order valence-corrected chi connectivity index (χ3v) is 2.08. The lowest BCUT2D eigenvalue weighted by Crippen LogP contribution is -2.17. The number of hydrogen-bond acceptors (Lipinski definition) is 3. The van der Waals surface area contributed by atoms with Crippen LogP contribution in [-0.4, -0.2) is 21.0 Å². The van der Waals surface area contributed by atoms with Gasteiger partial charge in [0.15, 0.2) is 0 Å². The van der Waals surface area contributed by atoms with Gasteiger partial charge in [-0.2, -0.15) is 0 Å². The van der Waals surface area contributed by atoms with Gasteiger partial charge in [-0.1, -0.05) is 6.07 Å². The summed E-state index contributed by atoms with van der Waals surface area (Å²) in [5, 5.41) is 8.69. The van der Waals surface area contributed by atoms with E-state index in [4.69, 9.17) is 5.11 Å². The number of aromatic amines is 1. The average Bonchev–Trinajstić information content (AvgIpc) is 2.29. The highest BCUT2D eigenvalue weighted by Gasteiger charge is 2.09. The number of rotatable bonds is 2. The third kappa shape index (κ3) is 1.83. The Morgan fingerprint density at radius 3 is 2.62 bits per heavy atom. The summed E-state index contributed by atoms with van der Waals surface area (Å²) in [6, 6.07) is 8.06. The monoisotopic (exact) mass is 216 g/mol. The van der Waals surface area contributed by atoms with Crippen molar-refractivity contribution < 1.29 is 9.90 Å². The molecule has 0 aliphatic carbocycles. The van der Waals surface area contributed by atoms with E-state index in [1.54, 1.807) is 24.4 Å². The van der Waals surface area contributed by atoms with Crippen molar-refractivity contribution in [3.63, 3.8) is 0 Å². The number of nitrogens with one attached hydrogen (secondary N) is 1. The summed E-state index contributed by atoms with van der Waals surface area (Å²) in [7, 11) is 0. The lowest BCUT2D eigenvalue weighted by atomic mass is 10.2. The molecule has 0 aliphatic rings. The molecule has 0 amide bonds. The zero-order valence-corrected chi connectivity index (χ0v) is 8.18. The maximum Gasteiger partial charge on any atom is 0.341 e. The van der Waals surface area contributed by atoms with Gasteiger partial charge in [-0.25, -0.2) is 4.79 Å². The molecule has 0 spiro atoms. The van der Waals surface area contributed by atoms with Gasteiger partial charge < -0.3 is 10.1 Å². The first-order valence-corrected chi connectivity index (χ1v) is 4.56. The molecular weight excluding hydrogens is 208 g/mol. The molecule has 16 heavy (non-hydrogen) atoms. The van der Waals surface area contributed by atoms with Gasteiger partial charge in [-0.15, -0.1) is 0 Å². The highest BCUT2D eigenvalue weighted by molar-refractivity contribution is 5.87. The van der Waals surface area contributed by atoms with Crippen LogP contribution in [0.5, 0.6) is 0 Å². The molecule has 0 unspecified atom stereocenters. The van der Waals surface area contributed by atoms with E-state index in [2.05, 4.69) is 9.97 Å². The molecule has 0 aliphatic heterocycles. The maximum absolute atomic E-state index is 11.4. The van der Waals surface area contributed by atoms with Gasteiger partial charge >= 0.3 is 5.97 Å². The van der Waals surface area contributed by atoms with Crippen LogP contribution in [-0.2, 0) is 0 Å². The maximum atomic E-state index is 11.4. The van der Waals surface area contributed by atoms with Crippen LogP contribution in [0, 0.1) is 0 Å². The molecule has 5 heteroatoms. The van der Waals surface area contributed by atoms with E-state index in [-0.39, 0.29) is 5.56 Å².